The van der Waals surface area contributed by atoms with E-state index in [-0.39, 0.29) is 36.0 Å². The van der Waals surface area contributed by atoms with Crippen LogP contribution < -0.4 is 14.4 Å². The van der Waals surface area contributed by atoms with E-state index < -0.39 is 34.1 Å². The number of carbonyl (C=O) groups excluding carboxylic acids is 1. The second-order valence-electron chi connectivity index (χ2n) is 7.24. The fraction of sp³-hybridized carbons (Fsp3) is 0.227. The van der Waals surface area contributed by atoms with Crippen LogP contribution >= 0.6 is 0 Å². The highest BCUT2D eigenvalue weighted by atomic mass is 32.2. The number of hydrogen-bond acceptors (Lipinski definition) is 8. The SMILES string of the molecule is CCc1oc(N(Cc2cc(F)cc(OC(F)F)c2)c2ccc(C#N)cc2)nc1C(=O)NS(C)(=O)=O. The van der Waals surface area contributed by atoms with Gasteiger partial charge < -0.3 is 9.15 Å². The Bertz CT molecular complexity index is 1370. The molecule has 0 aliphatic heterocycles. The van der Waals surface area contributed by atoms with E-state index in [0.717, 1.165) is 18.4 Å². The van der Waals surface area contributed by atoms with E-state index in [1.807, 2.05) is 10.8 Å². The Morgan fingerprint density at radius 1 is 1.26 bits per heavy atom. The molecule has 1 N–H and O–H groups in total. The summed E-state index contributed by atoms with van der Waals surface area (Å²) < 4.78 is 74.2. The molecule has 0 aliphatic carbocycles. The van der Waals surface area contributed by atoms with E-state index in [2.05, 4.69) is 9.72 Å². The number of hydrogen-bond donors (Lipinski definition) is 1. The largest absolute Gasteiger partial charge is 0.435 e. The summed E-state index contributed by atoms with van der Waals surface area (Å²) in [7, 11) is -3.88. The van der Waals surface area contributed by atoms with Crippen molar-refractivity contribution in [1.29, 1.82) is 5.26 Å². The number of benzene rings is 2. The van der Waals surface area contributed by atoms with Gasteiger partial charge in [0.2, 0.25) is 10.0 Å². The number of carbonyl (C=O) groups is 1. The van der Waals surface area contributed by atoms with Gasteiger partial charge in [-0.1, -0.05) is 6.92 Å². The maximum Gasteiger partial charge on any atom is 0.387 e. The quantitative estimate of drug-likeness (QED) is 0.462. The lowest BCUT2D eigenvalue weighted by atomic mass is 10.1. The summed E-state index contributed by atoms with van der Waals surface area (Å²) in [6.07, 6.45) is 0.997. The van der Waals surface area contributed by atoms with Gasteiger partial charge in [-0.25, -0.2) is 17.5 Å². The highest BCUT2D eigenvalue weighted by molar-refractivity contribution is 7.89. The molecule has 0 saturated heterocycles. The van der Waals surface area contributed by atoms with Crippen molar-refractivity contribution in [2.75, 3.05) is 11.2 Å². The Hall–Kier alpha value is -4.05. The Kier molecular flexibility index (Phi) is 7.65. The number of aryl methyl sites for hydroxylation is 1. The Morgan fingerprint density at radius 2 is 1.94 bits per heavy atom. The first-order valence-electron chi connectivity index (χ1n) is 10.0. The van der Waals surface area contributed by atoms with Gasteiger partial charge in [-0.15, -0.1) is 0 Å². The minimum Gasteiger partial charge on any atom is -0.435 e. The first-order chi connectivity index (χ1) is 16.5. The molecule has 0 saturated carbocycles. The fourth-order valence-corrected chi connectivity index (χ4v) is 3.57. The minimum atomic E-state index is -3.88. The molecule has 0 spiro atoms. The molecule has 0 aliphatic rings. The van der Waals surface area contributed by atoms with E-state index in [4.69, 9.17) is 9.68 Å². The van der Waals surface area contributed by atoms with Crippen molar-refractivity contribution in [2.24, 2.45) is 0 Å². The number of nitrogens with zero attached hydrogens (tertiary/aromatic N) is 3. The van der Waals surface area contributed by atoms with Crippen LogP contribution in [0.4, 0.5) is 24.9 Å². The first-order valence-corrected chi connectivity index (χ1v) is 11.9. The summed E-state index contributed by atoms with van der Waals surface area (Å²) in [4.78, 5) is 18.0. The highest BCUT2D eigenvalue weighted by Crippen LogP contribution is 2.31. The van der Waals surface area contributed by atoms with Crippen LogP contribution in [0.1, 0.15) is 34.3 Å². The fourth-order valence-electron chi connectivity index (χ4n) is 3.14. The molecular formula is C22H19F3N4O5S. The van der Waals surface area contributed by atoms with Gasteiger partial charge in [0.15, 0.2) is 5.69 Å². The van der Waals surface area contributed by atoms with E-state index in [1.54, 1.807) is 19.1 Å². The number of halogens is 3. The maximum atomic E-state index is 14.1. The summed E-state index contributed by atoms with van der Waals surface area (Å²) in [6.45, 7) is -1.66. The molecule has 0 fully saturated rings. The van der Waals surface area contributed by atoms with Crippen molar-refractivity contribution in [3.8, 4) is 11.8 Å². The standard InChI is InChI=1S/C22H19F3N4O5S/c1-3-18-19(20(30)28-35(2,31)32)27-22(34-18)29(16-6-4-13(11-26)5-7-16)12-14-8-15(23)10-17(9-14)33-21(24)25/h4-10,21H,3,12H2,1-2H3,(H,28,30). The van der Waals surface area contributed by atoms with Gasteiger partial charge in [0.25, 0.3) is 5.91 Å². The lowest BCUT2D eigenvalue weighted by molar-refractivity contribution is -0.0500. The molecule has 0 radical (unpaired) electrons. The summed E-state index contributed by atoms with van der Waals surface area (Å²) in [5.74, 6) is -2.14. The normalized spacial score (nSPS) is 11.2. The molecule has 0 atom stereocenters. The van der Waals surface area contributed by atoms with Gasteiger partial charge in [0, 0.05) is 18.2 Å². The molecule has 184 valence electrons. The minimum absolute atomic E-state index is 0.0840. The number of nitrogens with one attached hydrogen (secondary N) is 1. The van der Waals surface area contributed by atoms with Crippen LogP contribution in [0.3, 0.4) is 0 Å². The number of oxazole rings is 1. The lowest BCUT2D eigenvalue weighted by Gasteiger charge is -2.21. The summed E-state index contributed by atoms with van der Waals surface area (Å²) in [6, 6.07) is 11.0. The van der Waals surface area contributed by atoms with Gasteiger partial charge in [-0.3, -0.25) is 9.69 Å². The number of alkyl halides is 2. The van der Waals surface area contributed by atoms with Gasteiger partial charge in [0.1, 0.15) is 17.3 Å². The maximum absolute atomic E-state index is 14.1. The number of ether oxygens (including phenoxy) is 1. The number of anilines is 2. The van der Waals surface area contributed by atoms with Crippen molar-refractivity contribution in [2.45, 2.75) is 26.5 Å². The van der Waals surface area contributed by atoms with Gasteiger partial charge in [-0.2, -0.15) is 19.0 Å². The Labute approximate surface area is 198 Å². The van der Waals surface area contributed by atoms with E-state index in [9.17, 15) is 26.4 Å². The predicted octanol–water partition coefficient (Wildman–Crippen LogP) is 3.88. The third-order valence-electron chi connectivity index (χ3n) is 4.54. The molecule has 3 aromatic rings. The van der Waals surface area contributed by atoms with Crippen LogP contribution in [-0.4, -0.2) is 32.2 Å². The van der Waals surface area contributed by atoms with Crippen LogP contribution in [0.2, 0.25) is 0 Å². The first kappa shape index (κ1) is 25.6. The van der Waals surface area contributed by atoms with E-state index in [1.165, 1.54) is 23.1 Å². The van der Waals surface area contributed by atoms with Crippen LogP contribution in [0.25, 0.3) is 0 Å². The topological polar surface area (TPSA) is 126 Å². The lowest BCUT2D eigenvalue weighted by Crippen LogP contribution is -2.30. The summed E-state index contributed by atoms with van der Waals surface area (Å²) in [5, 5.41) is 9.07. The highest BCUT2D eigenvalue weighted by Gasteiger charge is 2.25. The van der Waals surface area contributed by atoms with E-state index >= 15 is 0 Å². The van der Waals surface area contributed by atoms with Crippen LogP contribution in [0.15, 0.2) is 46.9 Å². The number of rotatable bonds is 9. The molecule has 3 rings (SSSR count). The van der Waals surface area contributed by atoms with Crippen LogP contribution in [0, 0.1) is 17.1 Å². The zero-order valence-electron chi connectivity index (χ0n) is 18.5. The smallest absolute Gasteiger partial charge is 0.387 e. The molecule has 0 bridgehead atoms. The molecule has 0 unspecified atom stereocenters. The summed E-state index contributed by atoms with van der Waals surface area (Å²) in [5.41, 5.74) is 0.682. The third-order valence-corrected chi connectivity index (χ3v) is 5.09. The van der Waals surface area contributed by atoms with E-state index in [0.29, 0.717) is 11.3 Å². The molecule has 2 aromatic carbocycles. The van der Waals surface area contributed by atoms with Crippen LogP contribution in [-0.2, 0) is 23.0 Å². The molecule has 1 heterocycles. The second-order valence-corrected chi connectivity index (χ2v) is 8.99. The molecule has 1 aromatic heterocycles. The number of nitriles is 1. The monoisotopic (exact) mass is 508 g/mol. The predicted molar refractivity (Wildman–Crippen MR) is 118 cm³/mol. The number of amides is 1. The Balaban J connectivity index is 2.07. The Morgan fingerprint density at radius 3 is 2.51 bits per heavy atom. The summed E-state index contributed by atoms with van der Waals surface area (Å²) >= 11 is 0. The zero-order chi connectivity index (χ0) is 25.8. The van der Waals surface area contributed by atoms with Gasteiger partial charge in [0.05, 0.1) is 24.4 Å². The number of aromatic nitrogens is 1. The number of sulfonamides is 1. The molecule has 13 heteroatoms. The van der Waals surface area contributed by atoms with Crippen molar-refractivity contribution in [1.82, 2.24) is 9.71 Å². The van der Waals surface area contributed by atoms with Crippen LogP contribution in [0.5, 0.6) is 5.75 Å². The van der Waals surface area contributed by atoms with Crippen molar-refractivity contribution in [3.63, 3.8) is 0 Å². The zero-order valence-corrected chi connectivity index (χ0v) is 19.3. The average molecular weight is 508 g/mol. The second kappa shape index (κ2) is 10.5. The van der Waals surface area contributed by atoms with Crippen molar-refractivity contribution in [3.05, 3.63) is 70.9 Å². The molecule has 1 amide bonds. The molecule has 35 heavy (non-hydrogen) atoms. The van der Waals surface area contributed by atoms with Gasteiger partial charge >= 0.3 is 12.6 Å². The van der Waals surface area contributed by atoms with Crippen molar-refractivity contribution >= 4 is 27.6 Å². The molecular weight excluding hydrogens is 489 g/mol. The van der Waals surface area contributed by atoms with Gasteiger partial charge in [-0.05, 0) is 42.0 Å². The van der Waals surface area contributed by atoms with Crippen molar-refractivity contribution < 1.29 is 35.5 Å². The molecule has 9 nitrogen and oxygen atoms in total. The average Bonchev–Trinajstić information content (AvgIpc) is 3.20. The third kappa shape index (κ3) is 6.73.